The number of nitrogens with zero attached hydrogens (tertiary/aromatic N) is 2. The highest BCUT2D eigenvalue weighted by Gasteiger charge is 2.10. The van der Waals surface area contributed by atoms with Gasteiger partial charge in [0.1, 0.15) is 23.2 Å². The van der Waals surface area contributed by atoms with Crippen LogP contribution in [0.4, 0.5) is 10.2 Å². The van der Waals surface area contributed by atoms with Crippen molar-refractivity contribution in [3.63, 3.8) is 0 Å². The minimum atomic E-state index is -0.232. The lowest BCUT2D eigenvalue weighted by Gasteiger charge is -2.06. The highest BCUT2D eigenvalue weighted by atomic mass is 19.1. The number of hydrogen-bond acceptors (Lipinski definition) is 3. The van der Waals surface area contributed by atoms with Crippen molar-refractivity contribution in [1.82, 2.24) is 15.0 Å². The molecule has 23 heavy (non-hydrogen) atoms. The van der Waals surface area contributed by atoms with Crippen molar-refractivity contribution < 1.29 is 4.39 Å². The molecule has 2 aromatic heterocycles. The number of aryl methyl sites for hydroxylation is 1. The molecule has 4 rings (SSSR count). The zero-order valence-corrected chi connectivity index (χ0v) is 12.6. The predicted molar refractivity (Wildman–Crippen MR) is 89.9 cm³/mol. The van der Waals surface area contributed by atoms with Gasteiger partial charge in [0.05, 0.1) is 0 Å². The summed E-state index contributed by atoms with van der Waals surface area (Å²) in [7, 11) is 0. The number of anilines is 1. The third kappa shape index (κ3) is 2.50. The molecule has 0 saturated carbocycles. The first-order valence-electron chi connectivity index (χ1n) is 7.42. The maximum absolute atomic E-state index is 13.0. The van der Waals surface area contributed by atoms with Gasteiger partial charge in [0.15, 0.2) is 5.82 Å². The number of benzene rings is 2. The molecular formula is C18H15FN4. The number of rotatable bonds is 3. The Kier molecular flexibility index (Phi) is 3.19. The van der Waals surface area contributed by atoms with Crippen LogP contribution < -0.4 is 5.32 Å². The molecule has 0 fully saturated rings. The molecule has 2 aromatic carbocycles. The van der Waals surface area contributed by atoms with Gasteiger partial charge in [0.25, 0.3) is 0 Å². The van der Waals surface area contributed by atoms with E-state index < -0.39 is 0 Å². The average Bonchev–Trinajstić information content (AvgIpc) is 2.93. The molecule has 0 saturated heterocycles. The number of hydrogen-bond donors (Lipinski definition) is 2. The van der Waals surface area contributed by atoms with Gasteiger partial charge in [-0.1, -0.05) is 23.8 Å². The maximum Gasteiger partial charge on any atom is 0.154 e. The normalized spacial score (nSPS) is 11.2. The topological polar surface area (TPSA) is 53.6 Å². The quantitative estimate of drug-likeness (QED) is 0.597. The second-order valence-corrected chi connectivity index (χ2v) is 5.60. The Labute approximate surface area is 132 Å². The minimum Gasteiger partial charge on any atom is -0.364 e. The molecule has 0 bridgehead atoms. The Morgan fingerprint density at radius 1 is 1.09 bits per heavy atom. The van der Waals surface area contributed by atoms with Crippen LogP contribution in [0.3, 0.4) is 0 Å². The standard InChI is InChI=1S/C18H15FN4/c1-11-2-7-15-14(8-11)16-17(23-15)18(22-10-21-16)20-9-12-3-5-13(19)6-4-12/h2-8,10,23H,9H2,1H3,(H,20,21,22). The van der Waals surface area contributed by atoms with E-state index in [0.717, 1.165) is 33.3 Å². The summed E-state index contributed by atoms with van der Waals surface area (Å²) in [6, 6.07) is 12.7. The second kappa shape index (κ2) is 5.35. The molecule has 0 aliphatic rings. The summed E-state index contributed by atoms with van der Waals surface area (Å²) in [6.07, 6.45) is 1.56. The van der Waals surface area contributed by atoms with E-state index in [2.05, 4.69) is 45.4 Å². The number of H-pyrrole nitrogens is 1. The Morgan fingerprint density at radius 3 is 2.74 bits per heavy atom. The van der Waals surface area contributed by atoms with Gasteiger partial charge in [-0.05, 0) is 36.8 Å². The first-order valence-corrected chi connectivity index (χ1v) is 7.42. The van der Waals surface area contributed by atoms with Crippen molar-refractivity contribution >= 4 is 27.8 Å². The van der Waals surface area contributed by atoms with Crippen molar-refractivity contribution in [3.8, 4) is 0 Å². The largest absolute Gasteiger partial charge is 0.364 e. The van der Waals surface area contributed by atoms with Gasteiger partial charge in [-0.3, -0.25) is 0 Å². The van der Waals surface area contributed by atoms with E-state index in [9.17, 15) is 4.39 Å². The molecule has 0 radical (unpaired) electrons. The molecule has 0 aliphatic heterocycles. The molecule has 0 amide bonds. The molecule has 2 heterocycles. The van der Waals surface area contributed by atoms with Crippen molar-refractivity contribution in [2.75, 3.05) is 5.32 Å². The number of nitrogens with one attached hydrogen (secondary N) is 2. The lowest BCUT2D eigenvalue weighted by atomic mass is 10.1. The molecule has 0 unspecified atom stereocenters. The van der Waals surface area contributed by atoms with E-state index in [0.29, 0.717) is 6.54 Å². The first kappa shape index (κ1) is 13.7. The molecular weight excluding hydrogens is 291 g/mol. The Morgan fingerprint density at radius 2 is 1.91 bits per heavy atom. The summed E-state index contributed by atoms with van der Waals surface area (Å²) in [5, 5.41) is 4.38. The van der Waals surface area contributed by atoms with Crippen LogP contribution >= 0.6 is 0 Å². The van der Waals surface area contributed by atoms with Crippen LogP contribution in [-0.4, -0.2) is 15.0 Å². The highest BCUT2D eigenvalue weighted by Crippen LogP contribution is 2.28. The number of aromatic amines is 1. The highest BCUT2D eigenvalue weighted by molar-refractivity contribution is 6.08. The van der Waals surface area contributed by atoms with Gasteiger partial charge < -0.3 is 10.3 Å². The Balaban J connectivity index is 1.72. The van der Waals surface area contributed by atoms with E-state index in [4.69, 9.17) is 0 Å². The Bertz CT molecular complexity index is 989. The fourth-order valence-corrected chi connectivity index (χ4v) is 2.73. The summed E-state index contributed by atoms with van der Waals surface area (Å²) in [6.45, 7) is 2.63. The van der Waals surface area contributed by atoms with Gasteiger partial charge in [-0.2, -0.15) is 0 Å². The minimum absolute atomic E-state index is 0.232. The molecule has 0 aliphatic carbocycles. The van der Waals surface area contributed by atoms with Gasteiger partial charge in [-0.25, -0.2) is 14.4 Å². The number of aromatic nitrogens is 3. The molecule has 5 heteroatoms. The Hall–Kier alpha value is -2.95. The SMILES string of the molecule is Cc1ccc2[nH]c3c(NCc4ccc(F)cc4)ncnc3c2c1. The van der Waals surface area contributed by atoms with E-state index in [1.54, 1.807) is 18.5 Å². The van der Waals surface area contributed by atoms with Gasteiger partial charge in [0.2, 0.25) is 0 Å². The van der Waals surface area contributed by atoms with Gasteiger partial charge in [0, 0.05) is 17.4 Å². The van der Waals surface area contributed by atoms with E-state index >= 15 is 0 Å². The van der Waals surface area contributed by atoms with E-state index in [-0.39, 0.29) is 5.82 Å². The van der Waals surface area contributed by atoms with Gasteiger partial charge >= 0.3 is 0 Å². The third-order valence-corrected chi connectivity index (χ3v) is 3.91. The predicted octanol–water partition coefficient (Wildman–Crippen LogP) is 4.17. The monoisotopic (exact) mass is 306 g/mol. The van der Waals surface area contributed by atoms with Crippen LogP contribution in [0.25, 0.3) is 21.9 Å². The molecule has 2 N–H and O–H groups in total. The number of halogens is 1. The maximum atomic E-state index is 13.0. The smallest absolute Gasteiger partial charge is 0.154 e. The fraction of sp³-hybridized carbons (Fsp3) is 0.111. The van der Waals surface area contributed by atoms with Crippen LogP contribution in [-0.2, 0) is 6.54 Å². The van der Waals surface area contributed by atoms with Gasteiger partial charge in [-0.15, -0.1) is 0 Å². The summed E-state index contributed by atoms with van der Waals surface area (Å²) in [5.74, 6) is 0.511. The van der Waals surface area contributed by atoms with Crippen LogP contribution in [0.15, 0.2) is 48.8 Å². The fourth-order valence-electron chi connectivity index (χ4n) is 2.73. The van der Waals surface area contributed by atoms with Crippen LogP contribution in [0.2, 0.25) is 0 Å². The summed E-state index contributed by atoms with van der Waals surface area (Å²) >= 11 is 0. The first-order chi connectivity index (χ1) is 11.2. The molecule has 0 atom stereocenters. The van der Waals surface area contributed by atoms with E-state index in [1.807, 2.05) is 0 Å². The van der Waals surface area contributed by atoms with Crippen molar-refractivity contribution in [2.24, 2.45) is 0 Å². The molecule has 0 spiro atoms. The van der Waals surface area contributed by atoms with Crippen LogP contribution in [0.5, 0.6) is 0 Å². The number of fused-ring (bicyclic) bond motifs is 3. The van der Waals surface area contributed by atoms with Crippen molar-refractivity contribution in [1.29, 1.82) is 0 Å². The van der Waals surface area contributed by atoms with Crippen molar-refractivity contribution in [3.05, 3.63) is 65.7 Å². The summed E-state index contributed by atoms with van der Waals surface area (Å²) in [5.41, 5.74) is 5.01. The van der Waals surface area contributed by atoms with E-state index in [1.165, 1.54) is 17.7 Å². The summed E-state index contributed by atoms with van der Waals surface area (Å²) in [4.78, 5) is 12.1. The van der Waals surface area contributed by atoms with Crippen LogP contribution in [0, 0.1) is 12.7 Å². The molecule has 114 valence electrons. The molecule has 4 nitrogen and oxygen atoms in total. The lowest BCUT2D eigenvalue weighted by Crippen LogP contribution is -2.02. The zero-order chi connectivity index (χ0) is 15.8. The third-order valence-electron chi connectivity index (χ3n) is 3.91. The average molecular weight is 306 g/mol. The summed E-state index contributed by atoms with van der Waals surface area (Å²) < 4.78 is 13.0. The lowest BCUT2D eigenvalue weighted by molar-refractivity contribution is 0.627. The zero-order valence-electron chi connectivity index (χ0n) is 12.6. The van der Waals surface area contributed by atoms with Crippen LogP contribution in [0.1, 0.15) is 11.1 Å². The van der Waals surface area contributed by atoms with Crippen molar-refractivity contribution in [2.45, 2.75) is 13.5 Å². The second-order valence-electron chi connectivity index (χ2n) is 5.60. The molecule has 4 aromatic rings.